The Morgan fingerprint density at radius 1 is 1.24 bits per heavy atom. The number of halogens is 3. The molecule has 1 saturated carbocycles. The van der Waals surface area contributed by atoms with E-state index in [0.29, 0.717) is 11.6 Å². The van der Waals surface area contributed by atoms with Crippen molar-refractivity contribution in [2.24, 2.45) is 10.9 Å². The Bertz CT molecular complexity index is 498. The van der Waals surface area contributed by atoms with Crippen LogP contribution in [-0.4, -0.2) is 44.5 Å². The lowest BCUT2D eigenvalue weighted by Gasteiger charge is -2.30. The van der Waals surface area contributed by atoms with Gasteiger partial charge in [0.1, 0.15) is 0 Å². The fraction of sp³-hybridized carbons (Fsp3) is 0.909. The molecule has 0 saturated heterocycles. The summed E-state index contributed by atoms with van der Waals surface area (Å²) in [6.45, 7) is 0.332. The highest BCUT2D eigenvalue weighted by atomic mass is 32.3. The Kier molecular flexibility index (Phi) is 5.22. The largest absolute Gasteiger partial charge is 0.523 e. The Morgan fingerprint density at radius 2 is 1.86 bits per heavy atom. The number of alkyl halides is 3. The van der Waals surface area contributed by atoms with Gasteiger partial charge in [0, 0.05) is 25.3 Å². The first-order valence-corrected chi connectivity index (χ1v) is 9.45. The molecule has 1 aliphatic heterocycles. The summed E-state index contributed by atoms with van der Waals surface area (Å²) in [4.78, 5) is 4.21. The van der Waals surface area contributed by atoms with E-state index in [1.54, 1.807) is 7.11 Å². The molecule has 0 spiro atoms. The lowest BCUT2D eigenvalue weighted by Crippen LogP contribution is -2.28. The predicted octanol–water partition coefficient (Wildman–Crippen LogP) is 2.39. The molecule has 0 aromatic carbocycles. The molecule has 2 rings (SSSR count). The van der Waals surface area contributed by atoms with E-state index in [1.807, 2.05) is 0 Å². The van der Waals surface area contributed by atoms with Crippen LogP contribution in [0.1, 0.15) is 25.7 Å². The van der Waals surface area contributed by atoms with Crippen LogP contribution < -0.4 is 0 Å². The number of thiol groups is 1. The number of nitrogens with zero attached hydrogens (tertiary/aromatic N) is 1. The van der Waals surface area contributed by atoms with Gasteiger partial charge in [-0.05, 0) is 25.7 Å². The molecule has 0 radical (unpaired) electrons. The van der Waals surface area contributed by atoms with Crippen molar-refractivity contribution in [2.45, 2.75) is 37.3 Å². The molecule has 0 aromatic heterocycles. The molecule has 21 heavy (non-hydrogen) atoms. The van der Waals surface area contributed by atoms with Crippen molar-refractivity contribution in [3.8, 4) is 0 Å². The standard InChI is InChI=1S/C11H18F3NO4S2/c1-18-9-4-2-8(3-5-9)10-15-6-7-20(10)19-21(16,17)11(12,13)14/h8-9,20H,2-7H2,1H3. The van der Waals surface area contributed by atoms with Crippen LogP contribution in [0.2, 0.25) is 0 Å². The predicted molar refractivity (Wildman–Crippen MR) is 75.0 cm³/mol. The van der Waals surface area contributed by atoms with E-state index in [4.69, 9.17) is 4.74 Å². The van der Waals surface area contributed by atoms with Crippen LogP contribution in [0.4, 0.5) is 13.2 Å². The van der Waals surface area contributed by atoms with E-state index in [1.165, 1.54) is 0 Å². The second kappa shape index (κ2) is 6.43. The van der Waals surface area contributed by atoms with Crippen molar-refractivity contribution < 1.29 is 30.0 Å². The molecular weight excluding hydrogens is 331 g/mol. The molecule has 1 heterocycles. The van der Waals surface area contributed by atoms with E-state index < -0.39 is 26.8 Å². The summed E-state index contributed by atoms with van der Waals surface area (Å²) in [7, 11) is -3.92. The van der Waals surface area contributed by atoms with Gasteiger partial charge >= 0.3 is 15.6 Å². The third kappa shape index (κ3) is 3.91. The fourth-order valence-corrected chi connectivity index (χ4v) is 5.90. The fourth-order valence-electron chi connectivity index (χ4n) is 2.57. The van der Waals surface area contributed by atoms with Gasteiger partial charge < -0.3 is 4.74 Å². The summed E-state index contributed by atoms with van der Waals surface area (Å²) in [5, 5.41) is 0.521. The van der Waals surface area contributed by atoms with Crippen LogP contribution in [0.15, 0.2) is 4.99 Å². The number of hydrogen-bond donors (Lipinski definition) is 1. The number of methoxy groups -OCH3 is 1. The first kappa shape index (κ1) is 17.0. The van der Waals surface area contributed by atoms with Gasteiger partial charge in [0.2, 0.25) is 0 Å². The molecule has 0 aromatic rings. The Labute approximate surface area is 124 Å². The zero-order valence-corrected chi connectivity index (χ0v) is 13.2. The van der Waals surface area contributed by atoms with Gasteiger partial charge in [0.15, 0.2) is 0 Å². The van der Waals surface area contributed by atoms with Crippen LogP contribution in [0.25, 0.3) is 0 Å². The van der Waals surface area contributed by atoms with E-state index in [9.17, 15) is 21.6 Å². The molecule has 1 aliphatic carbocycles. The van der Waals surface area contributed by atoms with Crippen LogP contribution in [-0.2, 0) is 18.5 Å². The minimum atomic E-state index is -5.54. The molecule has 0 amide bonds. The Morgan fingerprint density at radius 3 is 2.38 bits per heavy atom. The van der Waals surface area contributed by atoms with Gasteiger partial charge in [-0.25, -0.2) is 3.63 Å². The van der Waals surface area contributed by atoms with Crippen molar-refractivity contribution in [3.05, 3.63) is 0 Å². The monoisotopic (exact) mass is 349 g/mol. The highest BCUT2D eigenvalue weighted by Crippen LogP contribution is 2.44. The van der Waals surface area contributed by atoms with Crippen molar-refractivity contribution in [2.75, 3.05) is 19.4 Å². The Balaban J connectivity index is 2.02. The maximum atomic E-state index is 12.4. The number of hydrogen-bond acceptors (Lipinski definition) is 5. The molecule has 0 bridgehead atoms. The zero-order chi connectivity index (χ0) is 15.7. The van der Waals surface area contributed by atoms with Crippen LogP contribution in [0.3, 0.4) is 0 Å². The summed E-state index contributed by atoms with van der Waals surface area (Å²) in [6.07, 6.45) is 3.25. The van der Waals surface area contributed by atoms with Crippen LogP contribution >= 0.6 is 11.2 Å². The van der Waals surface area contributed by atoms with Gasteiger partial charge in [0.05, 0.1) is 11.1 Å². The quantitative estimate of drug-likeness (QED) is 0.625. The van der Waals surface area contributed by atoms with Gasteiger partial charge in [-0.1, -0.05) is 11.2 Å². The van der Waals surface area contributed by atoms with Gasteiger partial charge in [-0.15, -0.1) is 0 Å². The second-order valence-corrected chi connectivity index (χ2v) is 8.66. The smallest absolute Gasteiger partial charge is 0.381 e. The minimum absolute atomic E-state index is 0.00782. The van der Waals surface area contributed by atoms with E-state index in [2.05, 4.69) is 8.62 Å². The average Bonchev–Trinajstić information content (AvgIpc) is 2.85. The second-order valence-electron chi connectivity index (χ2n) is 5.03. The maximum Gasteiger partial charge on any atom is 0.523 e. The number of ether oxygens (including phenoxy) is 1. The van der Waals surface area contributed by atoms with Crippen molar-refractivity contribution >= 4 is 26.3 Å². The lowest BCUT2D eigenvalue weighted by atomic mass is 9.88. The summed E-state index contributed by atoms with van der Waals surface area (Å²) in [5.74, 6) is 0.248. The summed E-state index contributed by atoms with van der Waals surface area (Å²) in [6, 6.07) is 0. The van der Waals surface area contributed by atoms with Crippen LogP contribution in [0.5, 0.6) is 0 Å². The zero-order valence-electron chi connectivity index (χ0n) is 11.5. The maximum absolute atomic E-state index is 12.4. The molecule has 10 heteroatoms. The van der Waals surface area contributed by atoms with Gasteiger partial charge in [-0.3, -0.25) is 4.99 Å². The lowest BCUT2D eigenvalue weighted by molar-refractivity contribution is -0.0494. The molecule has 124 valence electrons. The van der Waals surface area contributed by atoms with E-state index in [0.717, 1.165) is 25.7 Å². The normalized spacial score (nSPS) is 33.0. The van der Waals surface area contributed by atoms with Crippen molar-refractivity contribution in [1.29, 1.82) is 0 Å². The van der Waals surface area contributed by atoms with Gasteiger partial charge in [0.25, 0.3) is 0 Å². The van der Waals surface area contributed by atoms with Gasteiger partial charge in [-0.2, -0.15) is 21.6 Å². The first-order valence-electron chi connectivity index (χ1n) is 6.60. The summed E-state index contributed by atoms with van der Waals surface area (Å²) in [5.41, 5.74) is -5.38. The molecule has 1 atom stereocenters. The van der Waals surface area contributed by atoms with Crippen molar-refractivity contribution in [1.82, 2.24) is 0 Å². The Hall–Kier alpha value is -0.320. The average molecular weight is 349 g/mol. The highest BCUT2D eigenvalue weighted by Gasteiger charge is 2.49. The molecule has 1 fully saturated rings. The summed E-state index contributed by atoms with van der Waals surface area (Å²) < 4.78 is 69.1. The molecular formula is C11H18F3NO4S2. The first-order chi connectivity index (χ1) is 9.74. The van der Waals surface area contributed by atoms with Crippen LogP contribution in [0, 0.1) is 5.92 Å². The molecule has 5 nitrogen and oxygen atoms in total. The third-order valence-corrected chi connectivity index (χ3v) is 7.37. The van der Waals surface area contributed by atoms with Crippen molar-refractivity contribution in [3.63, 3.8) is 0 Å². The topological polar surface area (TPSA) is 65.0 Å². The number of rotatable bonds is 4. The minimum Gasteiger partial charge on any atom is -0.381 e. The molecule has 1 unspecified atom stereocenters. The number of aliphatic imine (C=N–C) groups is 1. The summed E-state index contributed by atoms with van der Waals surface area (Å²) >= 11 is -1.80. The SMILES string of the molecule is COC1CCC(C2=NCC[SH]2OS(=O)(=O)C(F)(F)F)CC1. The van der Waals surface area contributed by atoms with E-state index >= 15 is 0 Å². The molecule has 0 N–H and O–H groups in total. The molecule has 2 aliphatic rings. The van der Waals surface area contributed by atoms with E-state index in [-0.39, 0.29) is 17.8 Å². The third-order valence-electron chi connectivity index (χ3n) is 3.68. The highest BCUT2D eigenvalue weighted by molar-refractivity contribution is 8.29.